The molecule has 0 saturated heterocycles. The first-order valence-corrected chi connectivity index (χ1v) is 10.1. The first kappa shape index (κ1) is 22.2. The number of carbonyl (C=O) groups is 1. The highest BCUT2D eigenvalue weighted by molar-refractivity contribution is 6.30. The Labute approximate surface area is 187 Å². The topological polar surface area (TPSA) is 56.8 Å². The number of aryl methyl sites for hydroxylation is 1. The maximum Gasteiger partial charge on any atom is 0.248 e. The van der Waals surface area contributed by atoms with Crippen LogP contribution in [0.1, 0.15) is 16.7 Å². The number of carbonyl (C=O) groups excluding carboxylic acids is 1. The summed E-state index contributed by atoms with van der Waals surface area (Å²) in [4.78, 5) is 12.4. The third-order valence-electron chi connectivity index (χ3n) is 4.54. The molecule has 0 aliphatic carbocycles. The summed E-state index contributed by atoms with van der Waals surface area (Å²) in [6.07, 6.45) is 3.17. The van der Waals surface area contributed by atoms with E-state index in [4.69, 9.17) is 25.8 Å². The Morgan fingerprint density at radius 3 is 2.35 bits per heavy atom. The molecule has 160 valence electrons. The van der Waals surface area contributed by atoms with Gasteiger partial charge in [0.05, 0.1) is 19.9 Å². The molecule has 0 fully saturated rings. The van der Waals surface area contributed by atoms with Gasteiger partial charge in [0.15, 0.2) is 11.5 Å². The molecule has 1 N–H and O–H groups in total. The Morgan fingerprint density at radius 1 is 0.935 bits per heavy atom. The van der Waals surface area contributed by atoms with E-state index in [0.29, 0.717) is 34.6 Å². The number of hydrogen-bond donors (Lipinski definition) is 1. The van der Waals surface area contributed by atoms with Crippen LogP contribution < -0.4 is 19.5 Å². The van der Waals surface area contributed by atoms with Crippen LogP contribution in [0.5, 0.6) is 17.2 Å². The molecule has 6 heteroatoms. The van der Waals surface area contributed by atoms with Gasteiger partial charge in [-0.05, 0) is 66.1 Å². The summed E-state index contributed by atoms with van der Waals surface area (Å²) in [5.74, 6) is 1.54. The highest BCUT2D eigenvalue weighted by atomic mass is 35.5. The summed E-state index contributed by atoms with van der Waals surface area (Å²) in [5, 5.41) is 3.52. The number of benzene rings is 3. The number of methoxy groups -OCH3 is 2. The second kappa shape index (κ2) is 10.5. The smallest absolute Gasteiger partial charge is 0.248 e. The summed E-state index contributed by atoms with van der Waals surface area (Å²) in [6.45, 7) is 2.34. The SMILES string of the molecule is COc1ccc(C)cc1NC(=O)/C=C/c1ccc(OCc2ccc(Cl)cc2)c(OC)c1. The number of hydrogen-bond acceptors (Lipinski definition) is 4. The minimum absolute atomic E-state index is 0.258. The number of amides is 1. The minimum atomic E-state index is -0.258. The Balaban J connectivity index is 1.66. The van der Waals surface area contributed by atoms with Crippen LogP contribution in [0.15, 0.2) is 66.7 Å². The molecule has 3 rings (SSSR count). The molecule has 0 bridgehead atoms. The molecule has 0 atom stereocenters. The molecule has 0 aliphatic heterocycles. The summed E-state index contributed by atoms with van der Waals surface area (Å²) < 4.78 is 16.6. The van der Waals surface area contributed by atoms with Gasteiger partial charge < -0.3 is 19.5 Å². The molecule has 0 saturated carbocycles. The Morgan fingerprint density at radius 2 is 1.65 bits per heavy atom. The van der Waals surface area contributed by atoms with E-state index in [1.807, 2.05) is 67.6 Å². The first-order chi connectivity index (χ1) is 15.0. The van der Waals surface area contributed by atoms with Crippen molar-refractivity contribution in [2.45, 2.75) is 13.5 Å². The van der Waals surface area contributed by atoms with E-state index in [0.717, 1.165) is 16.7 Å². The van der Waals surface area contributed by atoms with Gasteiger partial charge in [-0.3, -0.25) is 4.79 Å². The number of ether oxygens (including phenoxy) is 3. The van der Waals surface area contributed by atoms with Crippen molar-refractivity contribution in [1.82, 2.24) is 0 Å². The van der Waals surface area contributed by atoms with Crippen LogP contribution in [0.3, 0.4) is 0 Å². The highest BCUT2D eigenvalue weighted by Crippen LogP contribution is 2.30. The molecular formula is C25H24ClNO4. The molecular weight excluding hydrogens is 414 g/mol. The molecule has 31 heavy (non-hydrogen) atoms. The second-order valence-electron chi connectivity index (χ2n) is 6.85. The molecule has 1 amide bonds. The van der Waals surface area contributed by atoms with E-state index in [1.54, 1.807) is 20.3 Å². The zero-order valence-electron chi connectivity index (χ0n) is 17.6. The molecule has 5 nitrogen and oxygen atoms in total. The monoisotopic (exact) mass is 437 g/mol. The fourth-order valence-corrected chi connectivity index (χ4v) is 3.04. The van der Waals surface area contributed by atoms with Crippen molar-refractivity contribution in [2.75, 3.05) is 19.5 Å². The molecule has 0 spiro atoms. The standard InChI is InChI=1S/C25H24ClNO4/c1-17-4-11-22(29-2)21(14-17)27-25(28)13-8-18-7-12-23(24(15-18)30-3)31-16-19-5-9-20(26)10-6-19/h4-15H,16H2,1-3H3,(H,27,28)/b13-8+. The van der Waals surface area contributed by atoms with Gasteiger partial charge in [0.25, 0.3) is 0 Å². The predicted molar refractivity (Wildman–Crippen MR) is 124 cm³/mol. The van der Waals surface area contributed by atoms with E-state index in [2.05, 4.69) is 5.32 Å². The normalized spacial score (nSPS) is 10.7. The second-order valence-corrected chi connectivity index (χ2v) is 7.29. The highest BCUT2D eigenvalue weighted by Gasteiger charge is 2.08. The van der Waals surface area contributed by atoms with Gasteiger partial charge in [-0.15, -0.1) is 0 Å². The van der Waals surface area contributed by atoms with E-state index in [-0.39, 0.29) is 5.91 Å². The lowest BCUT2D eigenvalue weighted by Crippen LogP contribution is -2.09. The van der Waals surface area contributed by atoms with Gasteiger partial charge in [0.2, 0.25) is 5.91 Å². The van der Waals surface area contributed by atoms with Crippen LogP contribution in [-0.2, 0) is 11.4 Å². The lowest BCUT2D eigenvalue weighted by molar-refractivity contribution is -0.111. The van der Waals surface area contributed by atoms with Crippen LogP contribution >= 0.6 is 11.6 Å². The molecule has 3 aromatic rings. The van der Waals surface area contributed by atoms with Crippen molar-refractivity contribution in [3.8, 4) is 17.2 Å². The Hall–Kier alpha value is -3.44. The van der Waals surface area contributed by atoms with Crippen molar-refractivity contribution in [1.29, 1.82) is 0 Å². The van der Waals surface area contributed by atoms with Crippen molar-refractivity contribution in [3.05, 3.63) is 88.5 Å². The molecule has 0 unspecified atom stereocenters. The molecule has 0 radical (unpaired) electrons. The number of nitrogens with one attached hydrogen (secondary N) is 1. The lowest BCUT2D eigenvalue weighted by Gasteiger charge is -2.12. The summed E-state index contributed by atoms with van der Waals surface area (Å²) in [6, 6.07) is 18.6. The van der Waals surface area contributed by atoms with Crippen LogP contribution in [-0.4, -0.2) is 20.1 Å². The number of halogens is 1. The summed E-state index contributed by atoms with van der Waals surface area (Å²) in [5.41, 5.74) is 3.46. The van der Waals surface area contributed by atoms with Crippen molar-refractivity contribution < 1.29 is 19.0 Å². The van der Waals surface area contributed by atoms with Gasteiger partial charge in [-0.25, -0.2) is 0 Å². The maximum absolute atomic E-state index is 12.4. The molecule has 0 aliphatic rings. The first-order valence-electron chi connectivity index (χ1n) is 9.67. The maximum atomic E-state index is 12.4. The minimum Gasteiger partial charge on any atom is -0.495 e. The van der Waals surface area contributed by atoms with Crippen LogP contribution in [0.2, 0.25) is 5.02 Å². The van der Waals surface area contributed by atoms with Gasteiger partial charge in [0.1, 0.15) is 12.4 Å². The zero-order chi connectivity index (χ0) is 22.2. The van der Waals surface area contributed by atoms with E-state index < -0.39 is 0 Å². The van der Waals surface area contributed by atoms with Crippen LogP contribution in [0, 0.1) is 6.92 Å². The van der Waals surface area contributed by atoms with Gasteiger partial charge in [0, 0.05) is 11.1 Å². The van der Waals surface area contributed by atoms with Crippen molar-refractivity contribution >= 4 is 29.3 Å². The third-order valence-corrected chi connectivity index (χ3v) is 4.79. The largest absolute Gasteiger partial charge is 0.495 e. The molecule has 0 aromatic heterocycles. The van der Waals surface area contributed by atoms with E-state index in [1.165, 1.54) is 6.08 Å². The van der Waals surface area contributed by atoms with E-state index in [9.17, 15) is 4.79 Å². The average molecular weight is 438 g/mol. The summed E-state index contributed by atoms with van der Waals surface area (Å²) in [7, 11) is 3.15. The Bertz CT molecular complexity index is 1080. The van der Waals surface area contributed by atoms with Gasteiger partial charge in [-0.1, -0.05) is 35.9 Å². The van der Waals surface area contributed by atoms with Crippen LogP contribution in [0.4, 0.5) is 5.69 Å². The fraction of sp³-hybridized carbons (Fsp3) is 0.160. The van der Waals surface area contributed by atoms with Gasteiger partial charge >= 0.3 is 0 Å². The fourth-order valence-electron chi connectivity index (χ4n) is 2.91. The third kappa shape index (κ3) is 6.27. The van der Waals surface area contributed by atoms with Crippen molar-refractivity contribution in [2.24, 2.45) is 0 Å². The summed E-state index contributed by atoms with van der Waals surface area (Å²) >= 11 is 5.91. The average Bonchev–Trinajstić information content (AvgIpc) is 2.77. The van der Waals surface area contributed by atoms with E-state index >= 15 is 0 Å². The van der Waals surface area contributed by atoms with Crippen LogP contribution in [0.25, 0.3) is 6.08 Å². The Kier molecular flexibility index (Phi) is 7.57. The quantitative estimate of drug-likeness (QED) is 0.446. The van der Waals surface area contributed by atoms with Gasteiger partial charge in [-0.2, -0.15) is 0 Å². The lowest BCUT2D eigenvalue weighted by atomic mass is 10.1. The number of anilines is 1. The zero-order valence-corrected chi connectivity index (χ0v) is 18.4. The predicted octanol–water partition coefficient (Wildman–Crippen LogP) is 5.90. The van der Waals surface area contributed by atoms with Crippen molar-refractivity contribution in [3.63, 3.8) is 0 Å². The number of rotatable bonds is 8. The molecule has 0 heterocycles. The molecule has 3 aromatic carbocycles.